The molecule has 2 amide bonds. The summed E-state index contributed by atoms with van der Waals surface area (Å²) in [5.74, 6) is 0.519. The van der Waals surface area contributed by atoms with Crippen molar-refractivity contribution in [2.45, 2.75) is 39.0 Å². The molecule has 0 bridgehead atoms. The van der Waals surface area contributed by atoms with E-state index in [1.165, 1.54) is 0 Å². The van der Waals surface area contributed by atoms with Crippen LogP contribution >= 0.6 is 0 Å². The van der Waals surface area contributed by atoms with Gasteiger partial charge in [0.25, 0.3) is 5.91 Å². The Bertz CT molecular complexity index is 1150. The van der Waals surface area contributed by atoms with Gasteiger partial charge in [-0.1, -0.05) is 39.0 Å². The molecule has 0 atom stereocenters. The smallest absolute Gasteiger partial charge is 0.255 e. The van der Waals surface area contributed by atoms with Crippen LogP contribution in [-0.4, -0.2) is 16.8 Å². The molecule has 6 heteroatoms. The van der Waals surface area contributed by atoms with E-state index in [1.54, 1.807) is 12.3 Å². The van der Waals surface area contributed by atoms with Gasteiger partial charge in [-0.3, -0.25) is 9.59 Å². The lowest BCUT2D eigenvalue weighted by molar-refractivity contribution is -0.117. The molecule has 3 N–H and O–H groups in total. The van der Waals surface area contributed by atoms with Crippen LogP contribution in [0.4, 0.5) is 22.9 Å². The molecule has 4 rings (SSSR count). The van der Waals surface area contributed by atoms with Gasteiger partial charge in [0, 0.05) is 40.8 Å². The van der Waals surface area contributed by atoms with Gasteiger partial charge in [-0.05, 0) is 60.2 Å². The van der Waals surface area contributed by atoms with Crippen molar-refractivity contribution in [3.8, 4) is 0 Å². The maximum Gasteiger partial charge on any atom is 0.255 e. The summed E-state index contributed by atoms with van der Waals surface area (Å²) in [4.78, 5) is 29.0. The van der Waals surface area contributed by atoms with Gasteiger partial charge in [-0.15, -0.1) is 0 Å². The zero-order valence-corrected chi connectivity index (χ0v) is 18.6. The van der Waals surface area contributed by atoms with Gasteiger partial charge in [0.15, 0.2) is 0 Å². The molecule has 0 aliphatic heterocycles. The molecule has 1 aromatic heterocycles. The molecule has 164 valence electrons. The molecular formula is C26H28N4O2. The molecule has 1 aliphatic rings. The second kappa shape index (κ2) is 8.83. The van der Waals surface area contributed by atoms with Gasteiger partial charge in [-0.25, -0.2) is 4.98 Å². The zero-order valence-electron chi connectivity index (χ0n) is 18.6. The van der Waals surface area contributed by atoms with Gasteiger partial charge in [0.05, 0.1) is 0 Å². The molecular weight excluding hydrogens is 400 g/mol. The van der Waals surface area contributed by atoms with E-state index in [2.05, 4.69) is 41.7 Å². The number of nitrogens with one attached hydrogen (secondary N) is 3. The van der Waals surface area contributed by atoms with Crippen molar-refractivity contribution in [3.63, 3.8) is 0 Å². The monoisotopic (exact) mass is 428 g/mol. The molecule has 0 radical (unpaired) electrons. The highest BCUT2D eigenvalue weighted by atomic mass is 16.2. The molecule has 0 unspecified atom stereocenters. The van der Waals surface area contributed by atoms with Crippen LogP contribution in [0.15, 0.2) is 66.9 Å². The Labute approximate surface area is 188 Å². The second-order valence-corrected chi connectivity index (χ2v) is 9.18. The number of benzene rings is 2. The Morgan fingerprint density at radius 1 is 0.875 bits per heavy atom. The first-order valence-electron chi connectivity index (χ1n) is 10.8. The van der Waals surface area contributed by atoms with Crippen LogP contribution in [0.1, 0.15) is 49.5 Å². The quantitative estimate of drug-likeness (QED) is 0.469. The van der Waals surface area contributed by atoms with Crippen LogP contribution in [0.2, 0.25) is 0 Å². The Kier molecular flexibility index (Phi) is 5.95. The van der Waals surface area contributed by atoms with Crippen LogP contribution in [0, 0.1) is 5.92 Å². The first-order chi connectivity index (χ1) is 15.3. The van der Waals surface area contributed by atoms with Gasteiger partial charge in [-0.2, -0.15) is 0 Å². The predicted octanol–water partition coefficient (Wildman–Crippen LogP) is 5.72. The minimum absolute atomic E-state index is 0.0230. The zero-order chi connectivity index (χ0) is 22.7. The number of aromatic nitrogens is 1. The Morgan fingerprint density at radius 3 is 2.34 bits per heavy atom. The highest BCUT2D eigenvalue weighted by Gasteiger charge is 2.29. The number of pyridine rings is 1. The van der Waals surface area contributed by atoms with E-state index >= 15 is 0 Å². The molecule has 1 saturated carbocycles. The van der Waals surface area contributed by atoms with Crippen molar-refractivity contribution in [1.82, 2.24) is 4.98 Å². The van der Waals surface area contributed by atoms with E-state index in [4.69, 9.17) is 0 Å². The molecule has 1 heterocycles. The lowest BCUT2D eigenvalue weighted by Gasteiger charge is -2.19. The number of rotatable bonds is 6. The van der Waals surface area contributed by atoms with Crippen molar-refractivity contribution >= 4 is 34.7 Å². The number of hydrogen-bond donors (Lipinski definition) is 3. The van der Waals surface area contributed by atoms with Gasteiger partial charge in [0.2, 0.25) is 5.91 Å². The molecule has 0 spiro atoms. The largest absolute Gasteiger partial charge is 0.355 e. The Balaban J connectivity index is 1.44. The molecule has 1 fully saturated rings. The fraction of sp³-hybridized carbons (Fsp3) is 0.269. The summed E-state index contributed by atoms with van der Waals surface area (Å²) < 4.78 is 0. The number of carbonyl (C=O) groups excluding carboxylic acids is 2. The molecule has 1 aliphatic carbocycles. The van der Waals surface area contributed by atoms with Gasteiger partial charge >= 0.3 is 0 Å². The van der Waals surface area contributed by atoms with E-state index in [0.717, 1.165) is 29.8 Å². The van der Waals surface area contributed by atoms with Crippen molar-refractivity contribution in [2.75, 3.05) is 16.0 Å². The summed E-state index contributed by atoms with van der Waals surface area (Å²) in [6.07, 6.45) is 3.55. The highest BCUT2D eigenvalue weighted by Crippen LogP contribution is 2.30. The van der Waals surface area contributed by atoms with Crippen molar-refractivity contribution in [1.29, 1.82) is 0 Å². The standard InChI is InChI=1S/C26H28N4O2/c1-26(2,3)19-7-4-6-18(14-19)25(32)29-21-9-5-8-20(15-21)28-22-12-13-27-23(16-22)30-24(31)17-10-11-17/h4-9,12-17H,10-11H2,1-3H3,(H,29,32)(H2,27,28,30,31). The number of hydrogen-bond acceptors (Lipinski definition) is 4. The van der Waals surface area contributed by atoms with Crippen LogP contribution in [0.25, 0.3) is 0 Å². The van der Waals surface area contributed by atoms with Crippen LogP contribution in [0.3, 0.4) is 0 Å². The van der Waals surface area contributed by atoms with E-state index in [1.807, 2.05) is 54.6 Å². The minimum Gasteiger partial charge on any atom is -0.355 e. The average Bonchev–Trinajstić information content (AvgIpc) is 3.59. The normalized spacial score (nSPS) is 13.3. The molecule has 2 aromatic carbocycles. The van der Waals surface area contributed by atoms with Crippen molar-refractivity contribution in [2.24, 2.45) is 5.92 Å². The van der Waals surface area contributed by atoms with Crippen LogP contribution < -0.4 is 16.0 Å². The summed E-state index contributed by atoms with van der Waals surface area (Å²) in [7, 11) is 0. The van der Waals surface area contributed by atoms with Gasteiger partial charge in [0.1, 0.15) is 5.82 Å². The molecule has 32 heavy (non-hydrogen) atoms. The van der Waals surface area contributed by atoms with Gasteiger partial charge < -0.3 is 16.0 Å². The summed E-state index contributed by atoms with van der Waals surface area (Å²) >= 11 is 0. The number of amides is 2. The maximum atomic E-state index is 12.8. The number of carbonyl (C=O) groups is 2. The Morgan fingerprint density at radius 2 is 1.59 bits per heavy atom. The summed E-state index contributed by atoms with van der Waals surface area (Å²) in [6.45, 7) is 6.38. The van der Waals surface area contributed by atoms with E-state index in [9.17, 15) is 9.59 Å². The molecule has 3 aromatic rings. The van der Waals surface area contributed by atoms with Crippen molar-refractivity contribution in [3.05, 3.63) is 78.0 Å². The van der Waals surface area contributed by atoms with E-state index < -0.39 is 0 Å². The SMILES string of the molecule is CC(C)(C)c1cccc(C(=O)Nc2cccc(Nc3ccnc(NC(=O)C4CC4)c3)c2)c1. The first-order valence-corrected chi connectivity index (χ1v) is 10.8. The molecule has 6 nitrogen and oxygen atoms in total. The summed E-state index contributed by atoms with van der Waals surface area (Å²) in [5.41, 5.74) is 4.02. The van der Waals surface area contributed by atoms with Crippen molar-refractivity contribution < 1.29 is 9.59 Å². The highest BCUT2D eigenvalue weighted by molar-refractivity contribution is 6.04. The average molecular weight is 429 g/mol. The molecule has 0 saturated heterocycles. The predicted molar refractivity (Wildman–Crippen MR) is 128 cm³/mol. The van der Waals surface area contributed by atoms with Crippen LogP contribution in [0.5, 0.6) is 0 Å². The third kappa shape index (κ3) is 5.52. The lowest BCUT2D eigenvalue weighted by Crippen LogP contribution is -2.15. The van der Waals surface area contributed by atoms with Crippen LogP contribution in [-0.2, 0) is 10.2 Å². The minimum atomic E-state index is -0.151. The maximum absolute atomic E-state index is 12.8. The van der Waals surface area contributed by atoms with E-state index in [0.29, 0.717) is 17.1 Å². The first kappa shape index (κ1) is 21.6. The lowest BCUT2D eigenvalue weighted by atomic mass is 9.86. The Hall–Kier alpha value is -3.67. The topological polar surface area (TPSA) is 83.1 Å². The fourth-order valence-corrected chi connectivity index (χ4v) is 3.32. The number of nitrogens with zero attached hydrogens (tertiary/aromatic N) is 1. The third-order valence-electron chi connectivity index (χ3n) is 5.36. The summed E-state index contributed by atoms with van der Waals surface area (Å²) in [5, 5.41) is 9.13. The number of anilines is 4. The summed E-state index contributed by atoms with van der Waals surface area (Å²) in [6, 6.07) is 18.8. The third-order valence-corrected chi connectivity index (χ3v) is 5.36. The fourth-order valence-electron chi connectivity index (χ4n) is 3.32. The second-order valence-electron chi connectivity index (χ2n) is 9.18. The van der Waals surface area contributed by atoms with E-state index in [-0.39, 0.29) is 23.1 Å².